The number of ketones is 1. The number of amides is 2. The Bertz CT molecular complexity index is 2430. The van der Waals surface area contributed by atoms with Crippen LogP contribution >= 0.6 is 0 Å². The SMILES string of the molecule is CC[C@H]1OC(=O)[C@H](C)[C@@H](OC2C[C@@](C)(OC)[C@@H](O)[C@H](C)O2)[C@@H](C)[C@@H](OC2O[C@H](C)C[C@H](N(C)CC)[C@H]2O)[C@](C)(O)C[C@@H](C)CN(C)[C@H](C)C(OC(=O)NCCCCNC(=O)[C@H]2[C@H](C)CC3C4CCC5=CC(=O)C=C[C@]5(C)[C@@]4(F)[C@@H](O)C[C@@]32C)[C@]1(C)O. The first-order valence-corrected chi connectivity index (χ1v) is 32.2. The number of unbranched alkanes of at least 4 members (excludes halogenated alkanes) is 1. The van der Waals surface area contributed by atoms with E-state index in [9.17, 15) is 44.7 Å². The molecule has 5 unspecified atom stereocenters. The van der Waals surface area contributed by atoms with Gasteiger partial charge in [-0.25, -0.2) is 9.18 Å². The van der Waals surface area contributed by atoms with Crippen LogP contribution in [0, 0.1) is 52.3 Å². The Balaban J connectivity index is 1.05. The number of aliphatic hydroxyl groups is 5. The molecule has 26 atom stereocenters. The fraction of sp³-hybridized carbons (Fsp3) is 0.877. The Morgan fingerprint density at radius 2 is 1.55 bits per heavy atom. The summed E-state index contributed by atoms with van der Waals surface area (Å²) in [5.74, 6) is -4.47. The minimum absolute atomic E-state index is 0.0607. The number of esters is 1. The number of hydrogen-bond donors (Lipinski definition) is 7. The van der Waals surface area contributed by atoms with Gasteiger partial charge in [-0.15, -0.1) is 0 Å². The third kappa shape index (κ3) is 13.7. The number of nitrogens with zero attached hydrogens (tertiary/aromatic N) is 2. The molecule has 4 aliphatic carbocycles. The highest BCUT2D eigenvalue weighted by atomic mass is 19.1. The second-order valence-electron chi connectivity index (χ2n) is 28.6. The zero-order valence-corrected chi connectivity index (χ0v) is 54.7. The molecule has 0 bridgehead atoms. The standard InChI is InChI=1S/C65H109FN4O16/c1-18-48-64(14,79)55(86-59(77)68-27-21-20-26-67-56(75)50-36(4)28-45-44-23-22-42-30-43(71)24-25-61(42,11)65(44,66)47(72)32-60(45,50)10)40(8)70(16)34-35(3)31-62(12,78)54(85-58-51(73)46(69(15)19-2)29-37(5)81-58)38(6)52(39(7)57(76)83-48)84-49-33-63(13,80-17)53(74)41(9)82-49/h24-25,30,35-41,44-55,58,72-74,78-79H,18-23,26-29,31-34H2,1-17H3,(H,67,75)(H,68,77)/t35-,36-,37-,38-,39-,40-,41+,44?,45?,46+,47+,48-,49?,50-,51-,52+,53+,54-,55?,58?,60+,61+,62-,63-,64-,65+/m1/s1. The summed E-state index contributed by atoms with van der Waals surface area (Å²) in [6.07, 6.45) is -4.10. The summed E-state index contributed by atoms with van der Waals surface area (Å²) >= 11 is 0. The summed E-state index contributed by atoms with van der Waals surface area (Å²) in [6, 6.07) is -1.01. The van der Waals surface area contributed by atoms with Gasteiger partial charge < -0.3 is 74.2 Å². The van der Waals surface area contributed by atoms with Gasteiger partial charge in [-0.05, 0) is 169 Å². The Hall–Kier alpha value is -3.19. The lowest BCUT2D eigenvalue weighted by Gasteiger charge is -2.61. The third-order valence-corrected chi connectivity index (χ3v) is 22.2. The molecule has 0 aromatic carbocycles. The lowest BCUT2D eigenvalue weighted by atomic mass is 9.45. The first-order chi connectivity index (χ1) is 40.1. The lowest BCUT2D eigenvalue weighted by Crippen LogP contribution is -2.67. The maximum atomic E-state index is 17.7. The van der Waals surface area contributed by atoms with Crippen molar-refractivity contribution in [3.8, 4) is 0 Å². The molecule has 492 valence electrons. The number of halogens is 1. The number of likely N-dealkylation sites (N-methyl/N-ethyl adjacent to an activating group) is 2. The van der Waals surface area contributed by atoms with Crippen molar-refractivity contribution in [1.82, 2.24) is 20.4 Å². The number of rotatable bonds is 15. The zero-order chi connectivity index (χ0) is 64.0. The topological polar surface area (TPSA) is 265 Å². The van der Waals surface area contributed by atoms with E-state index in [2.05, 4.69) is 10.6 Å². The Kier molecular flexibility index (Phi) is 22.3. The molecule has 0 aromatic heterocycles. The number of carbonyl (C=O) groups excluding carboxylic acids is 4. The zero-order valence-electron chi connectivity index (χ0n) is 54.7. The van der Waals surface area contributed by atoms with Gasteiger partial charge in [0.25, 0.3) is 0 Å². The van der Waals surface area contributed by atoms with Crippen LogP contribution in [0.3, 0.4) is 0 Å². The van der Waals surface area contributed by atoms with E-state index in [1.54, 1.807) is 54.5 Å². The van der Waals surface area contributed by atoms with Gasteiger partial charge in [-0.2, -0.15) is 0 Å². The third-order valence-electron chi connectivity index (χ3n) is 22.2. The van der Waals surface area contributed by atoms with Crippen LogP contribution in [-0.2, 0) is 47.5 Å². The number of carbonyl (C=O) groups is 4. The van der Waals surface area contributed by atoms with Gasteiger partial charge in [0.1, 0.15) is 23.9 Å². The van der Waals surface area contributed by atoms with Gasteiger partial charge in [0, 0.05) is 68.4 Å². The highest BCUT2D eigenvalue weighted by Crippen LogP contribution is 2.70. The predicted octanol–water partition coefficient (Wildman–Crippen LogP) is 6.15. The Labute approximate surface area is 511 Å². The minimum atomic E-state index is -1.98. The second-order valence-corrected chi connectivity index (χ2v) is 28.6. The number of cyclic esters (lactones) is 1. The molecule has 2 amide bonds. The molecule has 0 radical (unpaired) electrons. The van der Waals surface area contributed by atoms with Crippen LogP contribution in [0.1, 0.15) is 161 Å². The molecular weight excluding hydrogens is 1110 g/mol. The first-order valence-electron chi connectivity index (χ1n) is 32.2. The molecule has 7 N–H and O–H groups in total. The van der Waals surface area contributed by atoms with Gasteiger partial charge >= 0.3 is 12.1 Å². The van der Waals surface area contributed by atoms with E-state index in [0.29, 0.717) is 58.2 Å². The van der Waals surface area contributed by atoms with Gasteiger partial charge in [0.15, 0.2) is 30.1 Å². The number of alkyl halides is 1. The largest absolute Gasteiger partial charge is 0.459 e. The number of hydrogen-bond acceptors (Lipinski definition) is 18. The second kappa shape index (κ2) is 27.3. The number of allylic oxidation sites excluding steroid dienone is 4. The minimum Gasteiger partial charge on any atom is -0.459 e. The monoisotopic (exact) mass is 1220 g/mol. The number of fused-ring (bicyclic) bond motifs is 5. The van der Waals surface area contributed by atoms with Crippen LogP contribution in [0.2, 0.25) is 0 Å². The average molecular weight is 1220 g/mol. The summed E-state index contributed by atoms with van der Waals surface area (Å²) in [7, 11) is 5.25. The van der Waals surface area contributed by atoms with Crippen molar-refractivity contribution in [2.45, 2.75) is 263 Å². The number of alkyl carbamates (subject to hydrolysis) is 1. The smallest absolute Gasteiger partial charge is 0.407 e. The van der Waals surface area contributed by atoms with E-state index >= 15 is 4.39 Å². The summed E-state index contributed by atoms with van der Waals surface area (Å²) in [4.78, 5) is 59.3. The number of nitrogens with one attached hydrogen (secondary N) is 2. The van der Waals surface area contributed by atoms with E-state index in [1.165, 1.54) is 26.2 Å². The first kappa shape index (κ1) is 70.3. The van der Waals surface area contributed by atoms with Crippen molar-refractivity contribution in [1.29, 1.82) is 0 Å². The average Bonchev–Trinajstić information content (AvgIpc) is 1.25. The molecule has 21 heteroatoms. The molecule has 0 spiro atoms. The molecule has 6 fully saturated rings. The van der Waals surface area contributed by atoms with Crippen molar-refractivity contribution in [3.05, 3.63) is 23.8 Å². The van der Waals surface area contributed by atoms with E-state index < -0.39 is 136 Å². The quantitative estimate of drug-likeness (QED) is 0.0716. The van der Waals surface area contributed by atoms with Crippen molar-refractivity contribution in [3.63, 3.8) is 0 Å². The fourth-order valence-corrected chi connectivity index (χ4v) is 17.2. The molecule has 3 saturated carbocycles. The highest BCUT2D eigenvalue weighted by molar-refractivity contribution is 6.01. The van der Waals surface area contributed by atoms with Crippen LogP contribution in [0.25, 0.3) is 0 Å². The van der Waals surface area contributed by atoms with Crippen LogP contribution in [0.15, 0.2) is 23.8 Å². The van der Waals surface area contributed by atoms with Gasteiger partial charge in [0.2, 0.25) is 5.91 Å². The summed E-state index contributed by atoms with van der Waals surface area (Å²) < 4.78 is 62.4. The van der Waals surface area contributed by atoms with Crippen LogP contribution in [-0.4, -0.2) is 209 Å². The maximum Gasteiger partial charge on any atom is 0.407 e. The van der Waals surface area contributed by atoms with Crippen molar-refractivity contribution in [2.24, 2.45) is 52.3 Å². The Morgan fingerprint density at radius 1 is 0.884 bits per heavy atom. The predicted molar refractivity (Wildman–Crippen MR) is 320 cm³/mol. The van der Waals surface area contributed by atoms with Crippen molar-refractivity contribution >= 4 is 23.8 Å². The molecule has 7 aliphatic rings. The molecule has 3 saturated heterocycles. The van der Waals surface area contributed by atoms with Crippen LogP contribution < -0.4 is 10.6 Å². The van der Waals surface area contributed by atoms with Crippen molar-refractivity contribution in [2.75, 3.05) is 47.4 Å². The van der Waals surface area contributed by atoms with E-state index in [0.717, 1.165) is 5.57 Å². The van der Waals surface area contributed by atoms with Crippen LogP contribution in [0.4, 0.5) is 9.18 Å². The molecule has 86 heavy (non-hydrogen) atoms. The highest BCUT2D eigenvalue weighted by Gasteiger charge is 2.72. The molecule has 0 aromatic rings. The van der Waals surface area contributed by atoms with Crippen molar-refractivity contribution < 1.29 is 82.3 Å². The summed E-state index contributed by atoms with van der Waals surface area (Å²) in [6.45, 7) is 26.8. The number of aliphatic hydroxyl groups excluding tert-OH is 3. The normalized spacial score (nSPS) is 47.1. The summed E-state index contributed by atoms with van der Waals surface area (Å²) in [5, 5.41) is 66.5. The number of methoxy groups -OCH3 is 1. The number of ether oxygens (including phenoxy) is 7. The maximum absolute atomic E-state index is 17.7. The van der Waals surface area contributed by atoms with Gasteiger partial charge in [0.05, 0.1) is 47.6 Å². The van der Waals surface area contributed by atoms with E-state index in [1.807, 2.05) is 65.4 Å². The van der Waals surface area contributed by atoms with E-state index in [-0.39, 0.29) is 73.8 Å². The molecule has 3 heterocycles. The molecule has 20 nitrogen and oxygen atoms in total. The van der Waals surface area contributed by atoms with Gasteiger partial charge in [-0.3, -0.25) is 19.3 Å². The molecular formula is C65H109FN4O16. The van der Waals surface area contributed by atoms with Crippen LogP contribution in [0.5, 0.6) is 0 Å². The van der Waals surface area contributed by atoms with E-state index in [4.69, 9.17) is 33.2 Å². The molecule has 7 rings (SSSR count). The summed E-state index contributed by atoms with van der Waals surface area (Å²) in [5.41, 5.74) is -7.77. The lowest BCUT2D eigenvalue weighted by molar-refractivity contribution is -0.318. The fourth-order valence-electron chi connectivity index (χ4n) is 17.2. The molecule has 3 aliphatic heterocycles. The Morgan fingerprint density at radius 3 is 2.19 bits per heavy atom. The van der Waals surface area contributed by atoms with Gasteiger partial charge in [-0.1, -0.05) is 53.2 Å².